The van der Waals surface area contributed by atoms with Crippen molar-refractivity contribution in [2.24, 2.45) is 11.8 Å². The van der Waals surface area contributed by atoms with Crippen molar-refractivity contribution in [1.82, 2.24) is 5.32 Å². The van der Waals surface area contributed by atoms with E-state index in [0.717, 1.165) is 25.7 Å². The predicted molar refractivity (Wildman–Crippen MR) is 121 cm³/mol. The molecule has 0 heterocycles. The van der Waals surface area contributed by atoms with Gasteiger partial charge in [0.1, 0.15) is 11.8 Å². The number of hydrogen-bond donors (Lipinski definition) is 2. The molecule has 158 valence electrons. The number of rotatable bonds is 9. The maximum absolute atomic E-state index is 13.8. The molecule has 0 saturated heterocycles. The minimum atomic E-state index is -0.793. The number of amides is 1. The molecule has 0 spiro atoms. The van der Waals surface area contributed by atoms with Crippen LogP contribution in [0.25, 0.3) is 0 Å². The first kappa shape index (κ1) is 21.1. The number of benzene rings is 2. The fourth-order valence-corrected chi connectivity index (χ4v) is 4.93. The van der Waals surface area contributed by atoms with E-state index in [1.807, 2.05) is 12.1 Å². The highest BCUT2D eigenvalue weighted by Crippen LogP contribution is 2.53. The Hall–Kier alpha value is -2.17. The first-order chi connectivity index (χ1) is 14.6. The average Bonchev–Trinajstić information content (AvgIpc) is 3.55. The number of halogens is 1. The monoisotopic (exact) mass is 424 g/mol. The minimum Gasteiger partial charge on any atom is -0.324 e. The number of carbonyl (C=O) groups excluding carboxylic acids is 2. The zero-order valence-electron chi connectivity index (χ0n) is 17.4. The summed E-state index contributed by atoms with van der Waals surface area (Å²) < 4.78 is 0. The minimum absolute atomic E-state index is 0.0248. The highest BCUT2D eigenvalue weighted by Gasteiger charge is 2.60. The molecule has 2 aromatic carbocycles. The molecule has 0 aliphatic heterocycles. The van der Waals surface area contributed by atoms with E-state index in [-0.39, 0.29) is 17.7 Å². The first-order valence-electron chi connectivity index (χ1n) is 10.9. The van der Waals surface area contributed by atoms with Crippen LogP contribution < -0.4 is 10.6 Å². The standard InChI is InChI=1S/C25H29ClN2O2/c1-2-17-5-3-6-19(13-17)23-14-20(11-12-29)25(23,27-16-18-9-10-18)24(30)28-22-8-4-7-21(26)15-22/h3-8,12-13,15,18,20,23,27H,2,9-11,14,16H2,1H3,(H,28,30)/t20-,23?,25?/m0/s1. The van der Waals surface area contributed by atoms with E-state index in [1.54, 1.807) is 12.1 Å². The lowest BCUT2D eigenvalue weighted by Gasteiger charge is -2.55. The van der Waals surface area contributed by atoms with Crippen LogP contribution in [0, 0.1) is 11.8 Å². The van der Waals surface area contributed by atoms with Gasteiger partial charge >= 0.3 is 0 Å². The zero-order chi connectivity index (χ0) is 21.1. The molecule has 5 heteroatoms. The summed E-state index contributed by atoms with van der Waals surface area (Å²) in [4.78, 5) is 25.2. The highest BCUT2D eigenvalue weighted by molar-refractivity contribution is 6.30. The van der Waals surface area contributed by atoms with Crippen molar-refractivity contribution in [2.75, 3.05) is 11.9 Å². The molecule has 2 fully saturated rings. The molecular weight excluding hydrogens is 396 g/mol. The molecule has 2 aromatic rings. The van der Waals surface area contributed by atoms with Gasteiger partial charge in [-0.2, -0.15) is 0 Å². The van der Waals surface area contributed by atoms with E-state index in [0.29, 0.717) is 23.0 Å². The third-order valence-electron chi connectivity index (χ3n) is 6.69. The Morgan fingerprint density at radius 1 is 1.20 bits per heavy atom. The van der Waals surface area contributed by atoms with Crippen LogP contribution >= 0.6 is 11.6 Å². The summed E-state index contributed by atoms with van der Waals surface area (Å²) in [6, 6.07) is 15.7. The number of nitrogens with one attached hydrogen (secondary N) is 2. The smallest absolute Gasteiger partial charge is 0.245 e. The molecule has 4 rings (SSSR count). The molecule has 2 N–H and O–H groups in total. The second-order valence-electron chi connectivity index (χ2n) is 8.64. The molecule has 4 nitrogen and oxygen atoms in total. The van der Waals surface area contributed by atoms with Crippen molar-refractivity contribution in [1.29, 1.82) is 0 Å². The van der Waals surface area contributed by atoms with Gasteiger partial charge in [0.15, 0.2) is 0 Å². The van der Waals surface area contributed by atoms with Crippen LogP contribution in [0.1, 0.15) is 49.7 Å². The van der Waals surface area contributed by atoms with Crippen LogP contribution in [-0.4, -0.2) is 24.3 Å². The molecule has 0 bridgehead atoms. The van der Waals surface area contributed by atoms with Gasteiger partial charge in [0.05, 0.1) is 0 Å². The van der Waals surface area contributed by atoms with Gasteiger partial charge in [-0.15, -0.1) is 0 Å². The summed E-state index contributed by atoms with van der Waals surface area (Å²) in [5.41, 5.74) is 2.31. The summed E-state index contributed by atoms with van der Waals surface area (Å²) in [5, 5.41) is 7.31. The normalized spacial score (nSPS) is 25.4. The van der Waals surface area contributed by atoms with Gasteiger partial charge in [0.25, 0.3) is 0 Å². The number of carbonyl (C=O) groups is 2. The van der Waals surface area contributed by atoms with E-state index < -0.39 is 5.54 Å². The van der Waals surface area contributed by atoms with Crippen LogP contribution in [0.2, 0.25) is 5.02 Å². The Bertz CT molecular complexity index is 927. The molecule has 30 heavy (non-hydrogen) atoms. The lowest BCUT2D eigenvalue weighted by atomic mass is 9.54. The molecule has 1 amide bonds. The second-order valence-corrected chi connectivity index (χ2v) is 9.08. The fourth-order valence-electron chi connectivity index (χ4n) is 4.73. The molecule has 3 atom stereocenters. The third kappa shape index (κ3) is 4.17. The van der Waals surface area contributed by atoms with Crippen LogP contribution in [0.3, 0.4) is 0 Å². The third-order valence-corrected chi connectivity index (χ3v) is 6.93. The average molecular weight is 425 g/mol. The summed E-state index contributed by atoms with van der Waals surface area (Å²) >= 11 is 6.12. The van der Waals surface area contributed by atoms with Crippen LogP contribution in [0.15, 0.2) is 48.5 Å². The number of aldehydes is 1. The van der Waals surface area contributed by atoms with Gasteiger partial charge < -0.3 is 15.4 Å². The SMILES string of the molecule is CCc1cccc(C2C[C@H](CC=O)C2(NCC2CC2)C(=O)Nc2cccc(Cl)c2)c1. The summed E-state index contributed by atoms with van der Waals surface area (Å²) in [6.07, 6.45) is 5.51. The van der Waals surface area contributed by atoms with Gasteiger partial charge in [-0.05, 0) is 73.4 Å². The number of hydrogen-bond acceptors (Lipinski definition) is 3. The summed E-state index contributed by atoms with van der Waals surface area (Å²) in [6.45, 7) is 2.95. The lowest BCUT2D eigenvalue weighted by molar-refractivity contribution is -0.133. The van der Waals surface area contributed by atoms with Gasteiger partial charge in [-0.1, -0.05) is 48.9 Å². The van der Waals surface area contributed by atoms with Crippen LogP contribution in [-0.2, 0) is 16.0 Å². The van der Waals surface area contributed by atoms with E-state index >= 15 is 0 Å². The van der Waals surface area contributed by atoms with Gasteiger partial charge in [0.2, 0.25) is 5.91 Å². The Morgan fingerprint density at radius 3 is 2.70 bits per heavy atom. The number of anilines is 1. The fraction of sp³-hybridized carbons (Fsp3) is 0.440. The predicted octanol–water partition coefficient (Wildman–Crippen LogP) is 4.97. The molecule has 2 aliphatic carbocycles. The Balaban J connectivity index is 1.68. The van der Waals surface area contributed by atoms with Crippen molar-refractivity contribution in [2.45, 2.75) is 50.5 Å². The highest BCUT2D eigenvalue weighted by atomic mass is 35.5. The zero-order valence-corrected chi connectivity index (χ0v) is 18.1. The maximum atomic E-state index is 13.8. The Labute approximate surface area is 183 Å². The lowest BCUT2D eigenvalue weighted by Crippen LogP contribution is -2.70. The van der Waals surface area contributed by atoms with E-state index in [2.05, 4.69) is 41.8 Å². The van der Waals surface area contributed by atoms with Gasteiger partial charge in [0, 0.05) is 23.0 Å². The topological polar surface area (TPSA) is 58.2 Å². The first-order valence-corrected chi connectivity index (χ1v) is 11.3. The molecule has 0 radical (unpaired) electrons. The van der Waals surface area contributed by atoms with Crippen LogP contribution in [0.5, 0.6) is 0 Å². The largest absolute Gasteiger partial charge is 0.324 e. The van der Waals surface area contributed by atoms with Crippen molar-refractivity contribution in [3.8, 4) is 0 Å². The van der Waals surface area contributed by atoms with Crippen LogP contribution in [0.4, 0.5) is 5.69 Å². The molecule has 2 saturated carbocycles. The van der Waals surface area contributed by atoms with E-state index in [4.69, 9.17) is 11.6 Å². The molecular formula is C25H29ClN2O2. The Morgan fingerprint density at radius 2 is 2.00 bits per heavy atom. The molecule has 2 aliphatic rings. The van der Waals surface area contributed by atoms with Crippen molar-refractivity contribution in [3.05, 3.63) is 64.7 Å². The second kappa shape index (κ2) is 8.91. The number of aryl methyl sites for hydroxylation is 1. The molecule has 0 aromatic heterocycles. The Kier molecular flexibility index (Phi) is 6.26. The van der Waals surface area contributed by atoms with Gasteiger partial charge in [-0.3, -0.25) is 4.79 Å². The summed E-state index contributed by atoms with van der Waals surface area (Å²) in [5.74, 6) is 0.562. The molecule has 2 unspecified atom stereocenters. The quantitative estimate of drug-likeness (QED) is 0.558. The van der Waals surface area contributed by atoms with Crippen molar-refractivity contribution >= 4 is 29.5 Å². The van der Waals surface area contributed by atoms with Gasteiger partial charge in [-0.25, -0.2) is 0 Å². The van der Waals surface area contributed by atoms with Crippen molar-refractivity contribution < 1.29 is 9.59 Å². The van der Waals surface area contributed by atoms with Crippen molar-refractivity contribution in [3.63, 3.8) is 0 Å². The van der Waals surface area contributed by atoms with E-state index in [9.17, 15) is 9.59 Å². The van der Waals surface area contributed by atoms with E-state index in [1.165, 1.54) is 24.0 Å². The maximum Gasteiger partial charge on any atom is 0.245 e. The summed E-state index contributed by atoms with van der Waals surface area (Å²) in [7, 11) is 0.